The number of amides is 1. The highest BCUT2D eigenvalue weighted by atomic mass is 19.3. The maximum absolute atomic E-state index is 12.2. The van der Waals surface area contributed by atoms with Crippen LogP contribution in [0.5, 0.6) is 0 Å². The molecule has 5 nitrogen and oxygen atoms in total. The van der Waals surface area contributed by atoms with Gasteiger partial charge in [0.2, 0.25) is 5.91 Å². The molecule has 0 bridgehead atoms. The van der Waals surface area contributed by atoms with E-state index >= 15 is 0 Å². The second-order valence-corrected chi connectivity index (χ2v) is 4.86. The lowest BCUT2D eigenvalue weighted by Crippen LogP contribution is -2.29. The minimum absolute atomic E-state index is 0.0801. The summed E-state index contributed by atoms with van der Waals surface area (Å²) in [5.41, 5.74) is 6.09. The molecule has 19 heavy (non-hydrogen) atoms. The standard InChI is InChI=1S/C12H18F2N4O/c13-11(14)7-18-6-9(5-16-18)17-12(19)10-3-1-2-8(10)4-15/h5-6,8,10-11H,1-4,7,15H2,(H,17,19)/t8-,10-/m1/s1. The van der Waals surface area contributed by atoms with E-state index in [9.17, 15) is 13.6 Å². The van der Waals surface area contributed by atoms with Gasteiger partial charge in [-0.1, -0.05) is 6.42 Å². The molecule has 0 radical (unpaired) electrons. The molecule has 1 aromatic heterocycles. The van der Waals surface area contributed by atoms with E-state index in [2.05, 4.69) is 10.4 Å². The number of rotatable bonds is 5. The third-order valence-corrected chi connectivity index (χ3v) is 3.52. The molecule has 1 fully saturated rings. The Morgan fingerprint density at radius 3 is 3.05 bits per heavy atom. The van der Waals surface area contributed by atoms with Gasteiger partial charge in [-0.3, -0.25) is 9.48 Å². The van der Waals surface area contributed by atoms with Crippen molar-refractivity contribution in [3.63, 3.8) is 0 Å². The van der Waals surface area contributed by atoms with Gasteiger partial charge in [0.25, 0.3) is 6.43 Å². The second-order valence-electron chi connectivity index (χ2n) is 4.86. The van der Waals surface area contributed by atoms with Crippen molar-refractivity contribution in [3.05, 3.63) is 12.4 Å². The number of hydrogen-bond donors (Lipinski definition) is 2. The first kappa shape index (κ1) is 13.9. The lowest BCUT2D eigenvalue weighted by atomic mass is 9.95. The number of carbonyl (C=O) groups excluding carboxylic acids is 1. The van der Waals surface area contributed by atoms with Crippen LogP contribution in [0.2, 0.25) is 0 Å². The van der Waals surface area contributed by atoms with E-state index in [1.54, 1.807) is 0 Å². The molecule has 1 aliphatic rings. The van der Waals surface area contributed by atoms with Gasteiger partial charge >= 0.3 is 0 Å². The Labute approximate surface area is 110 Å². The molecule has 0 saturated heterocycles. The van der Waals surface area contributed by atoms with Crippen LogP contribution >= 0.6 is 0 Å². The summed E-state index contributed by atoms with van der Waals surface area (Å²) in [4.78, 5) is 12.1. The number of aromatic nitrogens is 2. The van der Waals surface area contributed by atoms with Crippen LogP contribution in [0.15, 0.2) is 12.4 Å². The molecule has 3 N–H and O–H groups in total. The SMILES string of the molecule is NC[C@H]1CCC[C@H]1C(=O)Nc1cnn(CC(F)F)c1. The number of carbonyl (C=O) groups is 1. The van der Waals surface area contributed by atoms with Crippen LogP contribution in [-0.4, -0.2) is 28.7 Å². The van der Waals surface area contributed by atoms with Crippen molar-refractivity contribution >= 4 is 11.6 Å². The third kappa shape index (κ3) is 3.50. The first-order valence-corrected chi connectivity index (χ1v) is 6.41. The molecule has 0 aliphatic heterocycles. The van der Waals surface area contributed by atoms with Crippen molar-refractivity contribution in [2.75, 3.05) is 11.9 Å². The van der Waals surface area contributed by atoms with Crippen LogP contribution in [0.25, 0.3) is 0 Å². The molecule has 0 spiro atoms. The van der Waals surface area contributed by atoms with Gasteiger partial charge in [0.05, 0.1) is 11.9 Å². The first-order valence-electron chi connectivity index (χ1n) is 6.41. The Bertz CT molecular complexity index is 435. The number of nitrogens with one attached hydrogen (secondary N) is 1. The van der Waals surface area contributed by atoms with Crippen LogP contribution in [-0.2, 0) is 11.3 Å². The molecule has 2 rings (SSSR count). The fourth-order valence-electron chi connectivity index (χ4n) is 2.57. The zero-order valence-electron chi connectivity index (χ0n) is 10.6. The lowest BCUT2D eigenvalue weighted by Gasteiger charge is -2.16. The summed E-state index contributed by atoms with van der Waals surface area (Å²) in [6, 6.07) is 0. The van der Waals surface area contributed by atoms with Crippen molar-refractivity contribution in [1.82, 2.24) is 9.78 Å². The quantitative estimate of drug-likeness (QED) is 0.852. The van der Waals surface area contributed by atoms with Gasteiger partial charge in [-0.25, -0.2) is 8.78 Å². The topological polar surface area (TPSA) is 72.9 Å². The average Bonchev–Trinajstić information content (AvgIpc) is 2.96. The second kappa shape index (κ2) is 6.10. The van der Waals surface area contributed by atoms with E-state index in [0.29, 0.717) is 12.2 Å². The van der Waals surface area contributed by atoms with E-state index < -0.39 is 13.0 Å². The van der Waals surface area contributed by atoms with Gasteiger partial charge in [0.15, 0.2) is 0 Å². The normalized spacial score (nSPS) is 22.9. The molecule has 1 saturated carbocycles. The molecule has 1 aliphatic carbocycles. The smallest absolute Gasteiger partial charge is 0.257 e. The number of alkyl halides is 2. The van der Waals surface area contributed by atoms with Crippen molar-refractivity contribution in [1.29, 1.82) is 0 Å². The van der Waals surface area contributed by atoms with Gasteiger partial charge < -0.3 is 11.1 Å². The van der Waals surface area contributed by atoms with Crippen LogP contribution in [0.4, 0.5) is 14.5 Å². The van der Waals surface area contributed by atoms with Gasteiger partial charge in [-0.2, -0.15) is 5.10 Å². The molecule has 1 aromatic rings. The molecule has 1 amide bonds. The van der Waals surface area contributed by atoms with Crippen molar-refractivity contribution in [3.8, 4) is 0 Å². The minimum atomic E-state index is -2.46. The van der Waals surface area contributed by atoms with Gasteiger partial charge in [-0.05, 0) is 25.3 Å². The number of nitrogens with two attached hydrogens (primary N) is 1. The van der Waals surface area contributed by atoms with E-state index in [1.807, 2.05) is 0 Å². The zero-order chi connectivity index (χ0) is 13.8. The molecule has 7 heteroatoms. The van der Waals surface area contributed by atoms with Crippen molar-refractivity contribution < 1.29 is 13.6 Å². The van der Waals surface area contributed by atoms with Crippen molar-refractivity contribution in [2.45, 2.75) is 32.2 Å². The summed E-state index contributed by atoms with van der Waals surface area (Å²) in [6.45, 7) is 0.0352. The summed E-state index contributed by atoms with van der Waals surface area (Å²) in [7, 11) is 0. The maximum atomic E-state index is 12.2. The summed E-state index contributed by atoms with van der Waals surface area (Å²) >= 11 is 0. The van der Waals surface area contributed by atoms with Gasteiger partial charge in [0, 0.05) is 12.1 Å². The number of nitrogens with zero attached hydrogens (tertiary/aromatic N) is 2. The fraction of sp³-hybridized carbons (Fsp3) is 0.667. The molecule has 106 valence electrons. The lowest BCUT2D eigenvalue weighted by molar-refractivity contribution is -0.120. The molecular formula is C12H18F2N4O. The van der Waals surface area contributed by atoms with Crippen LogP contribution in [0, 0.1) is 11.8 Å². The highest BCUT2D eigenvalue weighted by Gasteiger charge is 2.32. The molecule has 0 unspecified atom stereocenters. The summed E-state index contributed by atoms with van der Waals surface area (Å²) in [5, 5.41) is 6.49. The van der Waals surface area contributed by atoms with E-state index in [1.165, 1.54) is 12.4 Å². The summed E-state index contributed by atoms with van der Waals surface area (Å²) < 4.78 is 25.5. The predicted molar refractivity (Wildman–Crippen MR) is 66.7 cm³/mol. The Kier molecular flexibility index (Phi) is 4.47. The van der Waals surface area contributed by atoms with Crippen LogP contribution < -0.4 is 11.1 Å². The summed E-state index contributed by atoms with van der Waals surface area (Å²) in [6.07, 6.45) is 3.14. The minimum Gasteiger partial charge on any atom is -0.330 e. The Morgan fingerprint density at radius 1 is 1.58 bits per heavy atom. The van der Waals surface area contributed by atoms with E-state index in [-0.39, 0.29) is 17.7 Å². The number of halogens is 2. The highest BCUT2D eigenvalue weighted by Crippen LogP contribution is 2.31. The highest BCUT2D eigenvalue weighted by molar-refractivity contribution is 5.92. The van der Waals surface area contributed by atoms with Crippen LogP contribution in [0.3, 0.4) is 0 Å². The first-order chi connectivity index (χ1) is 9.10. The van der Waals surface area contributed by atoms with E-state index in [4.69, 9.17) is 5.73 Å². The number of hydrogen-bond acceptors (Lipinski definition) is 3. The van der Waals surface area contributed by atoms with Gasteiger partial charge in [-0.15, -0.1) is 0 Å². The molecule has 0 aromatic carbocycles. The molecular weight excluding hydrogens is 254 g/mol. The average molecular weight is 272 g/mol. The fourth-order valence-corrected chi connectivity index (χ4v) is 2.57. The molecule has 2 atom stereocenters. The van der Waals surface area contributed by atoms with E-state index in [0.717, 1.165) is 23.9 Å². The monoisotopic (exact) mass is 272 g/mol. The predicted octanol–water partition coefficient (Wildman–Crippen LogP) is 1.46. The van der Waals surface area contributed by atoms with Crippen molar-refractivity contribution in [2.24, 2.45) is 17.6 Å². The zero-order valence-corrected chi connectivity index (χ0v) is 10.6. The van der Waals surface area contributed by atoms with Gasteiger partial charge in [0.1, 0.15) is 6.54 Å². The Balaban J connectivity index is 1.93. The number of anilines is 1. The summed E-state index contributed by atoms with van der Waals surface area (Å²) in [5.74, 6) is 0.0455. The maximum Gasteiger partial charge on any atom is 0.257 e. The Hall–Kier alpha value is -1.50. The Morgan fingerprint density at radius 2 is 2.37 bits per heavy atom. The third-order valence-electron chi connectivity index (χ3n) is 3.52. The largest absolute Gasteiger partial charge is 0.330 e. The molecule has 1 heterocycles. The van der Waals surface area contributed by atoms with Crippen LogP contribution in [0.1, 0.15) is 19.3 Å².